The van der Waals surface area contributed by atoms with E-state index in [-0.39, 0.29) is 5.91 Å². The van der Waals surface area contributed by atoms with Crippen LogP contribution in [0.5, 0.6) is 0 Å². The van der Waals surface area contributed by atoms with Crippen molar-refractivity contribution in [3.05, 3.63) is 23.3 Å². The van der Waals surface area contributed by atoms with Crippen LogP contribution in [0.1, 0.15) is 17.5 Å². The van der Waals surface area contributed by atoms with Crippen LogP contribution in [0.2, 0.25) is 0 Å². The molecule has 1 aliphatic heterocycles. The highest BCUT2D eigenvalue weighted by atomic mass is 16.1. The quantitative estimate of drug-likeness (QED) is 0.812. The zero-order valence-corrected chi connectivity index (χ0v) is 10.4. The summed E-state index contributed by atoms with van der Waals surface area (Å²) in [5.41, 5.74) is 9.99. The van der Waals surface area contributed by atoms with E-state index in [2.05, 4.69) is 29.3 Å². The van der Waals surface area contributed by atoms with Gasteiger partial charge in [-0.3, -0.25) is 4.79 Å². The zero-order chi connectivity index (χ0) is 12.4. The number of benzene rings is 1. The van der Waals surface area contributed by atoms with Crippen molar-refractivity contribution in [1.82, 2.24) is 0 Å². The Bertz CT molecular complexity index is 443. The van der Waals surface area contributed by atoms with Crippen molar-refractivity contribution < 1.29 is 4.79 Å². The van der Waals surface area contributed by atoms with Gasteiger partial charge in [0.25, 0.3) is 0 Å². The van der Waals surface area contributed by atoms with Crippen LogP contribution >= 0.6 is 0 Å². The average molecular weight is 233 g/mol. The Labute approximate surface area is 102 Å². The summed E-state index contributed by atoms with van der Waals surface area (Å²) in [6.07, 6.45) is 0.521. The molecule has 3 N–H and O–H groups in total. The number of rotatable bonds is 2. The van der Waals surface area contributed by atoms with Crippen molar-refractivity contribution in [2.45, 2.75) is 20.3 Å². The fraction of sp³-hybridized carbons (Fsp3) is 0.462. The van der Waals surface area contributed by atoms with Crippen LogP contribution in [0.4, 0.5) is 11.4 Å². The van der Waals surface area contributed by atoms with E-state index in [1.807, 2.05) is 6.92 Å². The Kier molecular flexibility index (Phi) is 3.33. The van der Waals surface area contributed by atoms with Gasteiger partial charge in [-0.2, -0.15) is 0 Å². The molecule has 17 heavy (non-hydrogen) atoms. The van der Waals surface area contributed by atoms with Crippen LogP contribution in [-0.2, 0) is 4.79 Å². The minimum atomic E-state index is 0.0828. The number of carbonyl (C=O) groups excluding carboxylic acids is 1. The summed E-state index contributed by atoms with van der Waals surface area (Å²) in [6.45, 7) is 6.21. The van der Waals surface area contributed by atoms with Gasteiger partial charge in [0, 0.05) is 26.1 Å². The molecule has 92 valence electrons. The SMILES string of the molecule is Cc1ccc2c(c1C)NC(=O)CCN2CCN. The zero-order valence-electron chi connectivity index (χ0n) is 10.4. The first-order valence-electron chi connectivity index (χ1n) is 5.98. The minimum Gasteiger partial charge on any atom is -0.368 e. The molecule has 0 unspecified atom stereocenters. The molecule has 2 rings (SSSR count). The van der Waals surface area contributed by atoms with Gasteiger partial charge >= 0.3 is 0 Å². The van der Waals surface area contributed by atoms with Gasteiger partial charge in [0.1, 0.15) is 0 Å². The van der Waals surface area contributed by atoms with E-state index in [0.717, 1.165) is 30.0 Å². The topological polar surface area (TPSA) is 58.4 Å². The molecule has 0 aromatic heterocycles. The predicted octanol–water partition coefficient (Wildman–Crippen LogP) is 1.41. The molecule has 1 aliphatic rings. The Balaban J connectivity index is 2.48. The van der Waals surface area contributed by atoms with Crippen molar-refractivity contribution in [3.8, 4) is 0 Å². The summed E-state index contributed by atoms with van der Waals surface area (Å²) in [7, 11) is 0. The third-order valence-electron chi connectivity index (χ3n) is 3.33. The van der Waals surface area contributed by atoms with E-state index in [0.29, 0.717) is 13.0 Å². The summed E-state index contributed by atoms with van der Waals surface area (Å²) < 4.78 is 0. The van der Waals surface area contributed by atoms with Crippen molar-refractivity contribution in [2.24, 2.45) is 5.73 Å². The van der Waals surface area contributed by atoms with E-state index in [1.165, 1.54) is 5.56 Å². The molecule has 0 atom stereocenters. The minimum absolute atomic E-state index is 0.0828. The Hall–Kier alpha value is -1.55. The lowest BCUT2D eigenvalue weighted by molar-refractivity contribution is -0.115. The monoisotopic (exact) mass is 233 g/mol. The van der Waals surface area contributed by atoms with Gasteiger partial charge in [-0.25, -0.2) is 0 Å². The molecule has 0 aliphatic carbocycles. The van der Waals surface area contributed by atoms with E-state index >= 15 is 0 Å². The number of carbonyl (C=O) groups is 1. The number of nitrogens with one attached hydrogen (secondary N) is 1. The lowest BCUT2D eigenvalue weighted by Gasteiger charge is -2.24. The average Bonchev–Trinajstić information content (AvgIpc) is 2.46. The highest BCUT2D eigenvalue weighted by Crippen LogP contribution is 2.33. The highest BCUT2D eigenvalue weighted by molar-refractivity contribution is 5.97. The molecule has 4 nitrogen and oxygen atoms in total. The molecule has 0 bridgehead atoms. The smallest absolute Gasteiger partial charge is 0.226 e. The van der Waals surface area contributed by atoms with Gasteiger partial charge in [0.15, 0.2) is 0 Å². The van der Waals surface area contributed by atoms with Gasteiger partial charge in [-0.05, 0) is 31.0 Å². The number of hydrogen-bond acceptors (Lipinski definition) is 3. The maximum absolute atomic E-state index is 11.7. The number of fused-ring (bicyclic) bond motifs is 1. The molecular formula is C13H19N3O. The van der Waals surface area contributed by atoms with Crippen LogP contribution in [0, 0.1) is 13.8 Å². The number of aryl methyl sites for hydroxylation is 1. The molecular weight excluding hydrogens is 214 g/mol. The van der Waals surface area contributed by atoms with E-state index in [1.54, 1.807) is 0 Å². The summed E-state index contributed by atoms with van der Waals surface area (Å²) in [4.78, 5) is 13.9. The van der Waals surface area contributed by atoms with Crippen molar-refractivity contribution in [1.29, 1.82) is 0 Å². The van der Waals surface area contributed by atoms with E-state index < -0.39 is 0 Å². The van der Waals surface area contributed by atoms with Gasteiger partial charge in [-0.15, -0.1) is 0 Å². The van der Waals surface area contributed by atoms with Crippen LogP contribution < -0.4 is 16.0 Å². The number of hydrogen-bond donors (Lipinski definition) is 2. The van der Waals surface area contributed by atoms with Gasteiger partial charge in [0.2, 0.25) is 5.91 Å². The highest BCUT2D eigenvalue weighted by Gasteiger charge is 2.20. The maximum Gasteiger partial charge on any atom is 0.226 e. The number of amides is 1. The Morgan fingerprint density at radius 1 is 1.41 bits per heavy atom. The fourth-order valence-electron chi connectivity index (χ4n) is 2.17. The standard InChI is InChI=1S/C13H19N3O/c1-9-3-4-11-13(10(9)2)15-12(17)5-7-16(11)8-6-14/h3-4H,5-8,14H2,1-2H3,(H,15,17). The lowest BCUT2D eigenvalue weighted by atomic mass is 10.1. The normalized spacial score (nSPS) is 15.2. The summed E-state index contributed by atoms with van der Waals surface area (Å²) >= 11 is 0. The first-order chi connectivity index (χ1) is 8.13. The summed E-state index contributed by atoms with van der Waals surface area (Å²) in [5.74, 6) is 0.0828. The Morgan fingerprint density at radius 3 is 2.88 bits per heavy atom. The molecule has 0 radical (unpaired) electrons. The van der Waals surface area contributed by atoms with Gasteiger partial charge in [-0.1, -0.05) is 6.07 Å². The second-order valence-corrected chi connectivity index (χ2v) is 4.48. The number of nitrogens with two attached hydrogens (primary N) is 1. The largest absolute Gasteiger partial charge is 0.368 e. The lowest BCUT2D eigenvalue weighted by Crippen LogP contribution is -2.30. The predicted molar refractivity (Wildman–Crippen MR) is 70.4 cm³/mol. The van der Waals surface area contributed by atoms with Crippen molar-refractivity contribution in [2.75, 3.05) is 29.9 Å². The number of anilines is 2. The molecule has 0 fully saturated rings. The maximum atomic E-state index is 11.7. The molecule has 1 heterocycles. The van der Waals surface area contributed by atoms with Gasteiger partial charge < -0.3 is 16.0 Å². The van der Waals surface area contributed by atoms with Crippen molar-refractivity contribution >= 4 is 17.3 Å². The fourth-order valence-corrected chi connectivity index (χ4v) is 2.17. The Morgan fingerprint density at radius 2 is 2.18 bits per heavy atom. The van der Waals surface area contributed by atoms with Gasteiger partial charge in [0.05, 0.1) is 11.4 Å². The summed E-state index contributed by atoms with van der Waals surface area (Å²) in [6, 6.07) is 4.16. The molecule has 1 amide bonds. The van der Waals surface area contributed by atoms with Crippen molar-refractivity contribution in [3.63, 3.8) is 0 Å². The molecule has 4 heteroatoms. The van der Waals surface area contributed by atoms with Crippen LogP contribution in [0.25, 0.3) is 0 Å². The molecule has 0 saturated heterocycles. The first kappa shape index (κ1) is 11.9. The van der Waals surface area contributed by atoms with Crippen LogP contribution in [-0.4, -0.2) is 25.5 Å². The molecule has 1 aromatic rings. The third-order valence-corrected chi connectivity index (χ3v) is 3.33. The van der Waals surface area contributed by atoms with Crippen LogP contribution in [0.15, 0.2) is 12.1 Å². The second-order valence-electron chi connectivity index (χ2n) is 4.48. The number of nitrogens with zero attached hydrogens (tertiary/aromatic N) is 1. The van der Waals surface area contributed by atoms with E-state index in [4.69, 9.17) is 5.73 Å². The third kappa shape index (κ3) is 2.26. The first-order valence-corrected chi connectivity index (χ1v) is 5.98. The molecule has 0 saturated carbocycles. The molecule has 1 aromatic carbocycles. The summed E-state index contributed by atoms with van der Waals surface area (Å²) in [5, 5.41) is 3.00. The van der Waals surface area contributed by atoms with Crippen LogP contribution in [0.3, 0.4) is 0 Å². The second kappa shape index (κ2) is 4.75. The molecule has 0 spiro atoms. The van der Waals surface area contributed by atoms with E-state index in [9.17, 15) is 4.79 Å².